The molecule has 1 aromatic carbocycles. The Bertz CT molecular complexity index is 428. The number of ether oxygens (including phenoxy) is 1. The first-order valence-corrected chi connectivity index (χ1v) is 5.50. The van der Waals surface area contributed by atoms with Crippen molar-refractivity contribution >= 4 is 47.4 Å². The lowest BCUT2D eigenvalue weighted by Gasteiger charge is -2.13. The van der Waals surface area contributed by atoms with Crippen molar-refractivity contribution < 1.29 is 9.53 Å². The molecule has 0 bridgehead atoms. The number of nitrogens with two attached hydrogens (primary N) is 1. The van der Waals surface area contributed by atoms with Crippen molar-refractivity contribution in [2.75, 3.05) is 18.0 Å². The van der Waals surface area contributed by atoms with Gasteiger partial charge in [0.15, 0.2) is 0 Å². The van der Waals surface area contributed by atoms with Crippen LogP contribution in [0.25, 0.3) is 0 Å². The van der Waals surface area contributed by atoms with Crippen molar-refractivity contribution in [3.63, 3.8) is 0 Å². The summed E-state index contributed by atoms with van der Waals surface area (Å²) in [6.07, 6.45) is -0.671. The van der Waals surface area contributed by atoms with Crippen molar-refractivity contribution in [3.05, 3.63) is 28.2 Å². The van der Waals surface area contributed by atoms with E-state index in [1.165, 1.54) is 4.90 Å². The van der Waals surface area contributed by atoms with Gasteiger partial charge >= 0.3 is 6.09 Å². The number of amides is 1. The van der Waals surface area contributed by atoms with E-state index in [0.717, 1.165) is 0 Å². The lowest BCUT2D eigenvalue weighted by atomic mass is 10.2. The Morgan fingerprint density at radius 2 is 2.12 bits per heavy atom. The van der Waals surface area contributed by atoms with Crippen LogP contribution in [0.4, 0.5) is 10.5 Å². The van der Waals surface area contributed by atoms with Gasteiger partial charge in [-0.1, -0.05) is 23.2 Å². The SMILES string of the molecule is Cl.NCC1CN(c2ccc(Cl)c(Cl)c2)C(=O)O1. The lowest BCUT2D eigenvalue weighted by molar-refractivity contribution is 0.145. The summed E-state index contributed by atoms with van der Waals surface area (Å²) in [6.45, 7) is 0.747. The van der Waals surface area contributed by atoms with Crippen LogP contribution in [-0.4, -0.2) is 25.3 Å². The zero-order valence-electron chi connectivity index (χ0n) is 8.73. The van der Waals surface area contributed by atoms with Gasteiger partial charge in [0.05, 0.1) is 16.6 Å². The maximum Gasteiger partial charge on any atom is 0.414 e. The lowest BCUT2D eigenvalue weighted by Crippen LogP contribution is -2.27. The van der Waals surface area contributed by atoms with E-state index in [2.05, 4.69) is 0 Å². The standard InChI is InChI=1S/C10H10Cl2N2O2.ClH/c11-8-2-1-6(3-9(8)12)14-5-7(4-13)16-10(14)15;/h1-3,7H,4-5,13H2;1H. The summed E-state index contributed by atoms with van der Waals surface area (Å²) in [5.74, 6) is 0. The first-order valence-electron chi connectivity index (χ1n) is 4.75. The summed E-state index contributed by atoms with van der Waals surface area (Å²) in [4.78, 5) is 13.0. The molecule has 1 aliphatic heterocycles. The summed E-state index contributed by atoms with van der Waals surface area (Å²) >= 11 is 11.7. The molecule has 1 unspecified atom stereocenters. The largest absolute Gasteiger partial charge is 0.443 e. The van der Waals surface area contributed by atoms with Gasteiger partial charge in [-0.3, -0.25) is 4.90 Å². The Kier molecular flexibility index (Phi) is 4.89. The van der Waals surface area contributed by atoms with Gasteiger partial charge in [0.1, 0.15) is 6.10 Å². The third-order valence-electron chi connectivity index (χ3n) is 2.35. The van der Waals surface area contributed by atoms with Crippen LogP contribution in [0, 0.1) is 0 Å². The van der Waals surface area contributed by atoms with Crippen LogP contribution in [-0.2, 0) is 4.74 Å². The van der Waals surface area contributed by atoms with Crippen molar-refractivity contribution in [1.82, 2.24) is 0 Å². The molecule has 0 aromatic heterocycles. The Morgan fingerprint density at radius 3 is 2.65 bits per heavy atom. The number of carbonyl (C=O) groups is 1. The fourth-order valence-corrected chi connectivity index (χ4v) is 1.80. The minimum Gasteiger partial charge on any atom is -0.443 e. The molecular weight excluding hydrogens is 286 g/mol. The number of nitrogens with zero attached hydrogens (tertiary/aromatic N) is 1. The molecule has 1 heterocycles. The van der Waals surface area contributed by atoms with Crippen molar-refractivity contribution in [1.29, 1.82) is 0 Å². The molecule has 7 heteroatoms. The summed E-state index contributed by atoms with van der Waals surface area (Å²) in [5.41, 5.74) is 6.10. The van der Waals surface area contributed by atoms with Gasteiger partial charge < -0.3 is 10.5 Å². The van der Waals surface area contributed by atoms with Crippen LogP contribution in [0.3, 0.4) is 0 Å². The smallest absolute Gasteiger partial charge is 0.414 e. The summed E-state index contributed by atoms with van der Waals surface area (Å²) in [7, 11) is 0. The summed E-state index contributed by atoms with van der Waals surface area (Å²) < 4.78 is 5.03. The Morgan fingerprint density at radius 1 is 1.41 bits per heavy atom. The fourth-order valence-electron chi connectivity index (χ4n) is 1.51. The zero-order chi connectivity index (χ0) is 11.7. The number of hydrogen-bond donors (Lipinski definition) is 1. The monoisotopic (exact) mass is 296 g/mol. The van der Waals surface area contributed by atoms with Gasteiger partial charge in [0, 0.05) is 12.2 Å². The second-order valence-corrected chi connectivity index (χ2v) is 4.26. The van der Waals surface area contributed by atoms with Gasteiger partial charge in [-0.25, -0.2) is 4.79 Å². The number of benzene rings is 1. The van der Waals surface area contributed by atoms with Gasteiger partial charge in [-0.15, -0.1) is 12.4 Å². The normalized spacial score (nSPS) is 18.9. The van der Waals surface area contributed by atoms with Gasteiger partial charge in [-0.05, 0) is 18.2 Å². The van der Waals surface area contributed by atoms with Crippen LogP contribution >= 0.6 is 35.6 Å². The molecule has 0 radical (unpaired) electrons. The van der Waals surface area contributed by atoms with Crippen molar-refractivity contribution in [3.8, 4) is 0 Å². The van der Waals surface area contributed by atoms with E-state index in [-0.39, 0.29) is 18.5 Å². The molecule has 94 valence electrons. The highest BCUT2D eigenvalue weighted by molar-refractivity contribution is 6.42. The van der Waals surface area contributed by atoms with Crippen LogP contribution in [0.1, 0.15) is 0 Å². The average molecular weight is 298 g/mol. The first kappa shape index (κ1) is 14.4. The number of anilines is 1. The molecule has 1 amide bonds. The van der Waals surface area contributed by atoms with Crippen LogP contribution in [0.15, 0.2) is 18.2 Å². The molecule has 4 nitrogen and oxygen atoms in total. The predicted molar refractivity (Wildman–Crippen MR) is 70.4 cm³/mol. The van der Waals surface area contributed by atoms with E-state index in [1.807, 2.05) is 0 Å². The molecule has 1 fully saturated rings. The number of halogens is 3. The topological polar surface area (TPSA) is 55.6 Å². The summed E-state index contributed by atoms with van der Waals surface area (Å²) in [5, 5.41) is 0.858. The van der Waals surface area contributed by atoms with E-state index in [4.69, 9.17) is 33.7 Å². The zero-order valence-corrected chi connectivity index (χ0v) is 11.1. The Hall–Kier alpha value is -0.680. The molecule has 0 saturated carbocycles. The maximum atomic E-state index is 11.5. The maximum absolute atomic E-state index is 11.5. The van der Waals surface area contributed by atoms with E-state index < -0.39 is 6.09 Å². The van der Waals surface area contributed by atoms with E-state index >= 15 is 0 Å². The number of carbonyl (C=O) groups excluding carboxylic acids is 1. The number of hydrogen-bond acceptors (Lipinski definition) is 3. The molecule has 1 atom stereocenters. The minimum atomic E-state index is -0.408. The molecule has 1 aliphatic rings. The first-order chi connectivity index (χ1) is 7.61. The average Bonchev–Trinajstić information content (AvgIpc) is 2.64. The number of rotatable bonds is 2. The third kappa shape index (κ3) is 2.96. The van der Waals surface area contributed by atoms with E-state index in [0.29, 0.717) is 28.8 Å². The quantitative estimate of drug-likeness (QED) is 0.913. The van der Waals surface area contributed by atoms with E-state index in [9.17, 15) is 4.79 Å². The second kappa shape index (κ2) is 5.78. The second-order valence-electron chi connectivity index (χ2n) is 3.45. The van der Waals surface area contributed by atoms with E-state index in [1.54, 1.807) is 18.2 Å². The molecule has 1 aromatic rings. The van der Waals surface area contributed by atoms with Crippen molar-refractivity contribution in [2.24, 2.45) is 5.73 Å². The molecule has 1 saturated heterocycles. The van der Waals surface area contributed by atoms with Crippen LogP contribution < -0.4 is 10.6 Å². The number of cyclic esters (lactones) is 1. The highest BCUT2D eigenvalue weighted by atomic mass is 35.5. The molecule has 17 heavy (non-hydrogen) atoms. The van der Waals surface area contributed by atoms with Gasteiger partial charge in [0.2, 0.25) is 0 Å². The van der Waals surface area contributed by atoms with Crippen LogP contribution in [0.5, 0.6) is 0 Å². The van der Waals surface area contributed by atoms with Gasteiger partial charge in [-0.2, -0.15) is 0 Å². The Labute approximate surface area is 115 Å². The van der Waals surface area contributed by atoms with Crippen LogP contribution in [0.2, 0.25) is 10.0 Å². The fraction of sp³-hybridized carbons (Fsp3) is 0.300. The minimum absolute atomic E-state index is 0. The van der Waals surface area contributed by atoms with Crippen molar-refractivity contribution in [2.45, 2.75) is 6.10 Å². The summed E-state index contributed by atoms with van der Waals surface area (Å²) in [6, 6.07) is 4.99. The molecular formula is C10H11Cl3N2O2. The molecule has 2 N–H and O–H groups in total. The highest BCUT2D eigenvalue weighted by Gasteiger charge is 2.31. The highest BCUT2D eigenvalue weighted by Crippen LogP contribution is 2.29. The van der Waals surface area contributed by atoms with Gasteiger partial charge in [0.25, 0.3) is 0 Å². The molecule has 0 aliphatic carbocycles. The predicted octanol–water partition coefficient (Wildman–Crippen LogP) is 2.70. The Balaban J connectivity index is 0.00000144. The molecule has 2 rings (SSSR count). The molecule has 0 spiro atoms. The third-order valence-corrected chi connectivity index (χ3v) is 3.09.